The van der Waals surface area contributed by atoms with Crippen LogP contribution in [0.1, 0.15) is 78.1 Å². The molecule has 2 amide bonds. The number of likely N-dealkylation sites (tertiary alicyclic amines) is 1. The van der Waals surface area contributed by atoms with Crippen molar-refractivity contribution in [3.05, 3.63) is 0 Å². The molecule has 6 heteroatoms. The SMILES string of the molecule is C[C@@H]1NC(=O)C2(CCCCOC[C@H](C)NC1=O)CCN(CC1CCCCC1)CC2. The summed E-state index contributed by atoms with van der Waals surface area (Å²) in [5.74, 6) is 0.790. The molecule has 3 aliphatic rings. The molecule has 2 N–H and O–H groups in total. The topological polar surface area (TPSA) is 70.7 Å². The van der Waals surface area contributed by atoms with Crippen LogP contribution in [0.15, 0.2) is 0 Å². The van der Waals surface area contributed by atoms with Gasteiger partial charge in [-0.05, 0) is 71.4 Å². The van der Waals surface area contributed by atoms with Gasteiger partial charge in [-0.3, -0.25) is 9.59 Å². The van der Waals surface area contributed by atoms with Crippen LogP contribution >= 0.6 is 0 Å². The van der Waals surface area contributed by atoms with Crippen molar-refractivity contribution in [2.24, 2.45) is 11.3 Å². The van der Waals surface area contributed by atoms with E-state index in [1.807, 2.05) is 6.92 Å². The van der Waals surface area contributed by atoms with Crippen molar-refractivity contribution in [3.8, 4) is 0 Å². The Kier molecular flexibility index (Phi) is 8.36. The fraction of sp³-hybridized carbons (Fsp3) is 0.913. The molecule has 3 rings (SSSR count). The van der Waals surface area contributed by atoms with Gasteiger partial charge in [-0.1, -0.05) is 25.7 Å². The molecule has 2 heterocycles. The standard InChI is InChI=1S/C23H41N3O3/c1-18-17-29-15-7-6-10-23(22(28)25-19(2)21(27)24-18)11-13-26(14-12-23)16-20-8-4-3-5-9-20/h18-20H,3-17H2,1-2H3,(H,24,27)(H,25,28)/t18-,19-/m0/s1. The van der Waals surface area contributed by atoms with Crippen LogP contribution in [-0.2, 0) is 14.3 Å². The van der Waals surface area contributed by atoms with Crippen molar-refractivity contribution >= 4 is 11.8 Å². The van der Waals surface area contributed by atoms with E-state index in [9.17, 15) is 9.59 Å². The number of hydrogen-bond donors (Lipinski definition) is 2. The lowest BCUT2D eigenvalue weighted by Crippen LogP contribution is -2.54. The van der Waals surface area contributed by atoms with Crippen molar-refractivity contribution in [2.45, 2.75) is 90.1 Å². The summed E-state index contributed by atoms with van der Waals surface area (Å²) in [6, 6.07) is -0.553. The van der Waals surface area contributed by atoms with E-state index in [1.54, 1.807) is 6.92 Å². The first-order valence-electron chi connectivity index (χ1n) is 11.9. The van der Waals surface area contributed by atoms with E-state index in [4.69, 9.17) is 4.74 Å². The molecule has 0 unspecified atom stereocenters. The van der Waals surface area contributed by atoms with E-state index in [1.165, 1.54) is 38.6 Å². The van der Waals surface area contributed by atoms with E-state index in [0.717, 1.165) is 51.1 Å². The molecule has 2 aliphatic heterocycles. The van der Waals surface area contributed by atoms with E-state index >= 15 is 0 Å². The zero-order valence-corrected chi connectivity index (χ0v) is 18.5. The van der Waals surface area contributed by atoms with E-state index in [-0.39, 0.29) is 23.3 Å². The molecule has 2 saturated heterocycles. The third-order valence-electron chi connectivity index (χ3n) is 7.23. The molecule has 1 spiro atoms. The van der Waals surface area contributed by atoms with Crippen LogP contribution in [-0.4, -0.2) is 61.6 Å². The monoisotopic (exact) mass is 407 g/mol. The average Bonchev–Trinajstić information content (AvgIpc) is 2.72. The maximum atomic E-state index is 13.3. The Morgan fingerprint density at radius 3 is 2.41 bits per heavy atom. The highest BCUT2D eigenvalue weighted by atomic mass is 16.5. The van der Waals surface area contributed by atoms with Crippen molar-refractivity contribution < 1.29 is 14.3 Å². The number of ether oxygens (including phenoxy) is 1. The van der Waals surface area contributed by atoms with Gasteiger partial charge in [0.1, 0.15) is 6.04 Å². The third kappa shape index (κ3) is 6.42. The summed E-state index contributed by atoms with van der Waals surface area (Å²) in [4.78, 5) is 28.3. The Balaban J connectivity index is 1.60. The predicted octanol–water partition coefficient (Wildman–Crippen LogP) is 2.86. The van der Waals surface area contributed by atoms with Crippen LogP contribution in [0.2, 0.25) is 0 Å². The summed E-state index contributed by atoms with van der Waals surface area (Å²) in [6.45, 7) is 8.13. The lowest BCUT2D eigenvalue weighted by molar-refractivity contribution is -0.138. The van der Waals surface area contributed by atoms with Gasteiger partial charge >= 0.3 is 0 Å². The van der Waals surface area contributed by atoms with Crippen LogP contribution in [0.4, 0.5) is 0 Å². The van der Waals surface area contributed by atoms with Gasteiger partial charge in [-0.2, -0.15) is 0 Å². The van der Waals surface area contributed by atoms with E-state index < -0.39 is 6.04 Å². The predicted molar refractivity (Wildman–Crippen MR) is 115 cm³/mol. The molecule has 0 aromatic rings. The van der Waals surface area contributed by atoms with E-state index in [2.05, 4.69) is 15.5 Å². The van der Waals surface area contributed by atoms with Gasteiger partial charge in [0.2, 0.25) is 11.8 Å². The summed E-state index contributed by atoms with van der Waals surface area (Å²) in [5.41, 5.74) is -0.336. The first-order chi connectivity index (χ1) is 14.0. The fourth-order valence-corrected chi connectivity index (χ4v) is 5.24. The minimum absolute atomic E-state index is 0.0420. The zero-order chi connectivity index (χ0) is 20.7. The Morgan fingerprint density at radius 2 is 1.69 bits per heavy atom. The number of piperidine rings is 1. The minimum atomic E-state index is -0.511. The molecular formula is C23H41N3O3. The normalized spacial score (nSPS) is 31.2. The second-order valence-electron chi connectivity index (χ2n) is 9.72. The van der Waals surface area contributed by atoms with Gasteiger partial charge in [0.25, 0.3) is 0 Å². The van der Waals surface area contributed by atoms with Gasteiger partial charge in [-0.25, -0.2) is 0 Å². The summed E-state index contributed by atoms with van der Waals surface area (Å²) in [6.07, 6.45) is 11.6. The summed E-state index contributed by atoms with van der Waals surface area (Å²) in [5, 5.41) is 5.98. The Morgan fingerprint density at radius 1 is 0.966 bits per heavy atom. The summed E-state index contributed by atoms with van der Waals surface area (Å²) >= 11 is 0. The third-order valence-corrected chi connectivity index (χ3v) is 7.23. The second-order valence-corrected chi connectivity index (χ2v) is 9.72. The van der Waals surface area contributed by atoms with Crippen LogP contribution in [0.5, 0.6) is 0 Å². The van der Waals surface area contributed by atoms with Gasteiger partial charge in [-0.15, -0.1) is 0 Å². The molecule has 0 aromatic heterocycles. The van der Waals surface area contributed by atoms with Crippen molar-refractivity contribution in [2.75, 3.05) is 32.8 Å². The lowest BCUT2D eigenvalue weighted by atomic mass is 9.73. The minimum Gasteiger partial charge on any atom is -0.379 e. The van der Waals surface area contributed by atoms with Gasteiger partial charge < -0.3 is 20.3 Å². The largest absolute Gasteiger partial charge is 0.379 e. The van der Waals surface area contributed by atoms with Crippen molar-refractivity contribution in [1.82, 2.24) is 15.5 Å². The van der Waals surface area contributed by atoms with Crippen LogP contribution < -0.4 is 10.6 Å². The highest BCUT2D eigenvalue weighted by Crippen LogP contribution is 2.38. The Bertz CT molecular complexity index is 539. The maximum Gasteiger partial charge on any atom is 0.242 e. The number of carbonyl (C=O) groups is 2. The average molecular weight is 408 g/mol. The zero-order valence-electron chi connectivity index (χ0n) is 18.5. The molecule has 3 fully saturated rings. The molecule has 0 aromatic carbocycles. The quantitative estimate of drug-likeness (QED) is 0.738. The first kappa shape index (κ1) is 22.5. The number of nitrogens with one attached hydrogen (secondary N) is 2. The molecule has 1 saturated carbocycles. The molecule has 0 radical (unpaired) electrons. The van der Waals surface area contributed by atoms with E-state index in [0.29, 0.717) is 13.2 Å². The molecule has 29 heavy (non-hydrogen) atoms. The molecule has 166 valence electrons. The van der Waals surface area contributed by atoms with Crippen LogP contribution in [0.25, 0.3) is 0 Å². The highest BCUT2D eigenvalue weighted by molar-refractivity contribution is 5.90. The van der Waals surface area contributed by atoms with Gasteiger partial charge in [0, 0.05) is 19.2 Å². The molecule has 1 aliphatic carbocycles. The fourth-order valence-electron chi connectivity index (χ4n) is 5.24. The maximum absolute atomic E-state index is 13.3. The Labute approximate surface area is 176 Å². The van der Waals surface area contributed by atoms with Crippen LogP contribution in [0.3, 0.4) is 0 Å². The van der Waals surface area contributed by atoms with Gasteiger partial charge in [0.15, 0.2) is 0 Å². The lowest BCUT2D eigenvalue weighted by Gasteiger charge is -2.42. The summed E-state index contributed by atoms with van der Waals surface area (Å²) in [7, 11) is 0. The van der Waals surface area contributed by atoms with Crippen molar-refractivity contribution in [1.29, 1.82) is 0 Å². The highest BCUT2D eigenvalue weighted by Gasteiger charge is 2.42. The second kappa shape index (κ2) is 10.8. The first-order valence-corrected chi connectivity index (χ1v) is 11.9. The van der Waals surface area contributed by atoms with Gasteiger partial charge in [0.05, 0.1) is 12.0 Å². The molecule has 6 nitrogen and oxygen atoms in total. The molecule has 0 bridgehead atoms. The molecule has 2 atom stereocenters. The Hall–Kier alpha value is -1.14. The number of amides is 2. The summed E-state index contributed by atoms with van der Waals surface area (Å²) < 4.78 is 5.72. The smallest absolute Gasteiger partial charge is 0.242 e. The number of carbonyl (C=O) groups excluding carboxylic acids is 2. The number of hydrogen-bond acceptors (Lipinski definition) is 4. The molecular weight excluding hydrogens is 366 g/mol. The number of rotatable bonds is 2. The number of nitrogens with zero attached hydrogens (tertiary/aromatic N) is 1. The van der Waals surface area contributed by atoms with Crippen molar-refractivity contribution in [3.63, 3.8) is 0 Å². The van der Waals surface area contributed by atoms with Crippen LogP contribution in [0, 0.1) is 11.3 Å².